The molecule has 0 aliphatic heterocycles. The molecule has 0 spiro atoms. The molecule has 3 nitrogen and oxygen atoms in total. The predicted octanol–water partition coefficient (Wildman–Crippen LogP) is 3.96. The van der Waals surface area contributed by atoms with E-state index in [1.54, 1.807) is 6.34 Å². The zero-order chi connectivity index (χ0) is 13.3. The van der Waals surface area contributed by atoms with Gasteiger partial charge in [0.15, 0.2) is 0 Å². The molecule has 0 atom stereocenters. The summed E-state index contributed by atoms with van der Waals surface area (Å²) in [6.07, 6.45) is 2.90. The van der Waals surface area contributed by atoms with Crippen LogP contribution >= 0.6 is 38.5 Å². The molecule has 2 aromatic rings. The van der Waals surface area contributed by atoms with E-state index in [1.165, 1.54) is 12.3 Å². The maximum Gasteiger partial charge on any atom is 0.142 e. The fourth-order valence-electron chi connectivity index (χ4n) is 1.49. The molecule has 0 saturated carbocycles. The van der Waals surface area contributed by atoms with Gasteiger partial charge in [0.25, 0.3) is 0 Å². The van der Waals surface area contributed by atoms with Crippen LogP contribution in [0.15, 0.2) is 27.8 Å². The highest BCUT2D eigenvalue weighted by Gasteiger charge is 2.10. The highest BCUT2D eigenvalue weighted by molar-refractivity contribution is 14.1. The number of pyridine rings is 1. The van der Waals surface area contributed by atoms with Crippen molar-refractivity contribution < 1.29 is 4.39 Å². The van der Waals surface area contributed by atoms with E-state index in [0.29, 0.717) is 10.9 Å². The Kier molecular flexibility index (Phi) is 4.16. The third kappa shape index (κ3) is 2.80. The fraction of sp³-hybridized carbons (Fsp3) is 0.167. The fourth-order valence-corrected chi connectivity index (χ4v) is 3.21. The number of halogens is 3. The molecule has 0 bridgehead atoms. The van der Waals surface area contributed by atoms with Gasteiger partial charge < -0.3 is 4.90 Å². The molecule has 18 heavy (non-hydrogen) atoms. The van der Waals surface area contributed by atoms with Crippen molar-refractivity contribution in [2.75, 3.05) is 14.1 Å². The van der Waals surface area contributed by atoms with Crippen molar-refractivity contribution in [1.29, 1.82) is 0 Å². The Labute approximate surface area is 126 Å². The van der Waals surface area contributed by atoms with Crippen molar-refractivity contribution >= 4 is 61.4 Å². The molecule has 2 rings (SSSR count). The number of benzene rings is 1. The van der Waals surface area contributed by atoms with Gasteiger partial charge in [0, 0.05) is 27.5 Å². The average Bonchev–Trinajstić information content (AvgIpc) is 2.27. The first kappa shape index (κ1) is 13.7. The maximum absolute atomic E-state index is 13.3. The minimum absolute atomic E-state index is 0.363. The summed E-state index contributed by atoms with van der Waals surface area (Å²) in [4.78, 5) is 10.3. The van der Waals surface area contributed by atoms with Gasteiger partial charge in [-0.1, -0.05) is 0 Å². The highest BCUT2D eigenvalue weighted by atomic mass is 127. The van der Waals surface area contributed by atoms with Gasteiger partial charge in [-0.3, -0.25) is 4.98 Å². The van der Waals surface area contributed by atoms with Crippen molar-refractivity contribution in [3.05, 3.63) is 32.2 Å². The second kappa shape index (κ2) is 5.48. The molecule has 0 aliphatic carbocycles. The highest BCUT2D eigenvalue weighted by Crippen LogP contribution is 2.35. The van der Waals surface area contributed by atoms with Gasteiger partial charge >= 0.3 is 0 Å². The van der Waals surface area contributed by atoms with Crippen LogP contribution < -0.4 is 0 Å². The number of fused-ring (bicyclic) bond motifs is 1. The molecule has 6 heteroatoms. The van der Waals surface area contributed by atoms with Crippen LogP contribution in [0.2, 0.25) is 0 Å². The van der Waals surface area contributed by atoms with Gasteiger partial charge in [0.05, 0.1) is 23.7 Å². The van der Waals surface area contributed by atoms with E-state index in [9.17, 15) is 4.39 Å². The molecular formula is C12H10BrFIN3. The zero-order valence-corrected chi connectivity index (χ0v) is 13.5. The Hall–Kier alpha value is -0.760. The third-order valence-corrected chi connectivity index (χ3v) is 3.66. The largest absolute Gasteiger partial charge is 0.369 e. The summed E-state index contributed by atoms with van der Waals surface area (Å²) >= 11 is 5.61. The van der Waals surface area contributed by atoms with Crippen molar-refractivity contribution in [3.8, 4) is 0 Å². The molecule has 0 amide bonds. The number of aliphatic imine (C=N–C) groups is 1. The molecule has 0 radical (unpaired) electrons. The van der Waals surface area contributed by atoms with Crippen molar-refractivity contribution in [2.24, 2.45) is 4.99 Å². The smallest absolute Gasteiger partial charge is 0.142 e. The first-order valence-electron chi connectivity index (χ1n) is 5.13. The Morgan fingerprint density at radius 3 is 2.83 bits per heavy atom. The van der Waals surface area contributed by atoms with Crippen LogP contribution in [0.5, 0.6) is 0 Å². The van der Waals surface area contributed by atoms with Gasteiger partial charge in [-0.25, -0.2) is 9.38 Å². The first-order chi connectivity index (χ1) is 8.49. The van der Waals surface area contributed by atoms with Crippen LogP contribution in [0.4, 0.5) is 10.1 Å². The lowest BCUT2D eigenvalue weighted by atomic mass is 10.2. The maximum atomic E-state index is 13.3. The molecule has 0 aliphatic rings. The molecule has 1 aromatic heterocycles. The molecule has 0 fully saturated rings. The summed E-state index contributed by atoms with van der Waals surface area (Å²) in [6.45, 7) is 0. The number of hydrogen-bond donors (Lipinski definition) is 0. The molecule has 1 heterocycles. The monoisotopic (exact) mass is 421 g/mol. The summed E-state index contributed by atoms with van der Waals surface area (Å²) < 4.78 is 15.1. The quantitative estimate of drug-likeness (QED) is 0.417. The predicted molar refractivity (Wildman–Crippen MR) is 84.0 cm³/mol. The molecular weight excluding hydrogens is 412 g/mol. The summed E-state index contributed by atoms with van der Waals surface area (Å²) in [5.41, 5.74) is 1.44. The van der Waals surface area contributed by atoms with E-state index in [0.717, 1.165) is 13.7 Å². The lowest BCUT2D eigenvalue weighted by molar-refractivity contribution is 0.624. The number of nitrogens with zero attached hydrogens (tertiary/aromatic N) is 3. The van der Waals surface area contributed by atoms with Crippen molar-refractivity contribution in [2.45, 2.75) is 0 Å². The van der Waals surface area contributed by atoms with Crippen molar-refractivity contribution in [1.82, 2.24) is 9.88 Å². The molecule has 1 aromatic carbocycles. The average molecular weight is 422 g/mol. The first-order valence-corrected chi connectivity index (χ1v) is 7.00. The van der Waals surface area contributed by atoms with Gasteiger partial charge in [-0.05, 0) is 50.7 Å². The summed E-state index contributed by atoms with van der Waals surface area (Å²) in [6, 6.07) is 3.38. The SMILES string of the molecule is CN(C)/C=N/c1c(I)cc(Br)c2ncc(F)cc12. The standard InChI is InChI=1S/C12H10BrFIN3/c1-18(2)6-17-12-8-3-7(14)5-16-11(8)9(13)4-10(12)15/h3-6H,1-2H3/b17-6+. The molecule has 0 N–H and O–H groups in total. The Balaban J connectivity index is 2.74. The lowest BCUT2D eigenvalue weighted by Crippen LogP contribution is -2.07. The third-order valence-electron chi connectivity index (χ3n) is 2.23. The normalized spacial score (nSPS) is 11.4. The van der Waals surface area contributed by atoms with Crippen LogP contribution in [0, 0.1) is 9.39 Å². The second-order valence-electron chi connectivity index (χ2n) is 3.95. The van der Waals surface area contributed by atoms with Gasteiger partial charge in [0.1, 0.15) is 5.82 Å². The number of rotatable bonds is 2. The van der Waals surface area contributed by atoms with Crippen LogP contribution in [-0.4, -0.2) is 30.3 Å². The summed E-state index contributed by atoms with van der Waals surface area (Å²) in [5, 5.41) is 0.701. The minimum atomic E-state index is -0.363. The van der Waals surface area contributed by atoms with E-state index in [4.69, 9.17) is 0 Å². The van der Waals surface area contributed by atoms with E-state index >= 15 is 0 Å². The van der Waals surface area contributed by atoms with Crippen LogP contribution in [0.3, 0.4) is 0 Å². The van der Waals surface area contributed by atoms with Gasteiger partial charge in [0.2, 0.25) is 0 Å². The van der Waals surface area contributed by atoms with Crippen LogP contribution in [-0.2, 0) is 0 Å². The Morgan fingerprint density at radius 2 is 2.17 bits per heavy atom. The molecule has 0 unspecified atom stereocenters. The molecule has 94 valence electrons. The summed E-state index contributed by atoms with van der Waals surface area (Å²) in [7, 11) is 3.77. The lowest BCUT2D eigenvalue weighted by Gasteiger charge is -2.08. The molecule has 0 saturated heterocycles. The number of hydrogen-bond acceptors (Lipinski definition) is 2. The van der Waals surface area contributed by atoms with E-state index in [2.05, 4.69) is 48.5 Å². The van der Waals surface area contributed by atoms with E-state index < -0.39 is 0 Å². The second-order valence-corrected chi connectivity index (χ2v) is 5.96. The van der Waals surface area contributed by atoms with E-state index in [1.807, 2.05) is 25.1 Å². The number of aromatic nitrogens is 1. The van der Waals surface area contributed by atoms with Crippen molar-refractivity contribution in [3.63, 3.8) is 0 Å². The Morgan fingerprint density at radius 1 is 1.44 bits per heavy atom. The topological polar surface area (TPSA) is 28.5 Å². The Bertz CT molecular complexity index is 628. The van der Waals surface area contributed by atoms with Crippen LogP contribution in [0.1, 0.15) is 0 Å². The zero-order valence-electron chi connectivity index (χ0n) is 9.78. The van der Waals surface area contributed by atoms with Crippen LogP contribution in [0.25, 0.3) is 10.9 Å². The minimum Gasteiger partial charge on any atom is -0.369 e. The summed E-state index contributed by atoms with van der Waals surface area (Å²) in [5.74, 6) is -0.363. The van der Waals surface area contributed by atoms with Gasteiger partial charge in [-0.15, -0.1) is 0 Å². The van der Waals surface area contributed by atoms with E-state index in [-0.39, 0.29) is 5.82 Å². The van der Waals surface area contributed by atoms with Gasteiger partial charge in [-0.2, -0.15) is 0 Å².